The van der Waals surface area contributed by atoms with Crippen LogP contribution in [0.2, 0.25) is 0 Å². The summed E-state index contributed by atoms with van der Waals surface area (Å²) in [6.45, 7) is 1.80. The Bertz CT molecular complexity index is 1130. The van der Waals surface area contributed by atoms with Crippen LogP contribution in [0.5, 0.6) is 5.75 Å². The fourth-order valence-corrected chi connectivity index (χ4v) is 3.65. The summed E-state index contributed by atoms with van der Waals surface area (Å²) in [5.41, 5.74) is 4.53. The Morgan fingerprint density at radius 3 is 2.48 bits per heavy atom. The third kappa shape index (κ3) is 5.76. The zero-order valence-corrected chi connectivity index (χ0v) is 16.6. The number of para-hydroxylation sites is 1. The molecular formula is C22H20N2O4S. The summed E-state index contributed by atoms with van der Waals surface area (Å²) in [5, 5.41) is 3.92. The largest absolute Gasteiger partial charge is 0.378 e. The molecule has 0 aromatic heterocycles. The number of aryl methyl sites for hydroxylation is 1. The zero-order valence-electron chi connectivity index (χ0n) is 15.8. The first kappa shape index (κ1) is 20.3. The van der Waals surface area contributed by atoms with Crippen molar-refractivity contribution in [1.29, 1.82) is 0 Å². The maximum atomic E-state index is 12.6. The molecule has 3 rings (SSSR count). The van der Waals surface area contributed by atoms with Gasteiger partial charge in [0.15, 0.2) is 5.75 Å². The molecule has 0 saturated heterocycles. The minimum Gasteiger partial charge on any atom is -0.378 e. The summed E-state index contributed by atoms with van der Waals surface area (Å²) in [5.74, 6) is -0.159. The molecule has 0 fully saturated rings. The lowest BCUT2D eigenvalue weighted by molar-refractivity contribution is -0.120. The summed E-state index contributed by atoms with van der Waals surface area (Å²) in [7, 11) is -3.99. The van der Waals surface area contributed by atoms with Crippen LogP contribution >= 0.6 is 0 Å². The molecule has 0 saturated carbocycles. The van der Waals surface area contributed by atoms with Gasteiger partial charge < -0.3 is 4.18 Å². The van der Waals surface area contributed by atoms with Crippen LogP contribution in [-0.4, -0.2) is 20.5 Å². The van der Waals surface area contributed by atoms with Crippen molar-refractivity contribution in [3.05, 3.63) is 95.6 Å². The third-order valence-corrected chi connectivity index (χ3v) is 5.23. The van der Waals surface area contributed by atoms with Crippen LogP contribution < -0.4 is 9.61 Å². The predicted octanol–water partition coefficient (Wildman–Crippen LogP) is 3.46. The number of nitrogens with one attached hydrogen (secondary N) is 1. The molecule has 148 valence electrons. The average Bonchev–Trinajstić information content (AvgIpc) is 2.70. The summed E-state index contributed by atoms with van der Waals surface area (Å²) >= 11 is 0. The predicted molar refractivity (Wildman–Crippen MR) is 111 cm³/mol. The van der Waals surface area contributed by atoms with Crippen LogP contribution in [0.3, 0.4) is 0 Å². The molecule has 0 aliphatic heterocycles. The molecule has 3 aromatic carbocycles. The Morgan fingerprint density at radius 1 is 1.00 bits per heavy atom. The molecule has 0 bridgehead atoms. The van der Waals surface area contributed by atoms with Gasteiger partial charge in [0.1, 0.15) is 4.90 Å². The highest BCUT2D eigenvalue weighted by Gasteiger charge is 2.18. The topological polar surface area (TPSA) is 84.8 Å². The molecule has 29 heavy (non-hydrogen) atoms. The maximum Gasteiger partial charge on any atom is 0.339 e. The van der Waals surface area contributed by atoms with Crippen LogP contribution in [0.15, 0.2) is 88.9 Å². The molecule has 0 heterocycles. The highest BCUT2D eigenvalue weighted by atomic mass is 32.2. The van der Waals surface area contributed by atoms with Gasteiger partial charge in [0.2, 0.25) is 5.91 Å². The molecule has 0 aliphatic carbocycles. The van der Waals surface area contributed by atoms with E-state index in [1.165, 1.54) is 24.4 Å². The van der Waals surface area contributed by atoms with Gasteiger partial charge in [-0.25, -0.2) is 5.43 Å². The molecular weight excluding hydrogens is 388 g/mol. The smallest absolute Gasteiger partial charge is 0.339 e. The minimum atomic E-state index is -3.99. The van der Waals surface area contributed by atoms with E-state index < -0.39 is 10.1 Å². The normalized spacial score (nSPS) is 11.3. The number of hydrogen-bond donors (Lipinski definition) is 1. The second-order valence-electron chi connectivity index (χ2n) is 6.35. The highest BCUT2D eigenvalue weighted by Crippen LogP contribution is 2.22. The van der Waals surface area contributed by atoms with E-state index in [1.54, 1.807) is 37.3 Å². The van der Waals surface area contributed by atoms with Gasteiger partial charge in [0.25, 0.3) is 0 Å². The Hall–Kier alpha value is -3.45. The van der Waals surface area contributed by atoms with E-state index in [1.807, 2.05) is 30.3 Å². The molecule has 1 amide bonds. The first-order chi connectivity index (χ1) is 13.9. The maximum absolute atomic E-state index is 12.6. The van der Waals surface area contributed by atoms with E-state index in [-0.39, 0.29) is 23.0 Å². The fraction of sp³-hybridized carbons (Fsp3) is 0.0909. The quantitative estimate of drug-likeness (QED) is 0.369. The lowest BCUT2D eigenvalue weighted by Crippen LogP contribution is -2.19. The van der Waals surface area contributed by atoms with E-state index in [4.69, 9.17) is 4.18 Å². The molecule has 3 aromatic rings. The number of hydrazone groups is 1. The lowest BCUT2D eigenvalue weighted by Gasteiger charge is -2.09. The standard InChI is InChI=1S/C22H20N2O4S/c1-17-8-7-12-20(14-17)29(26,27)28-21-13-6-5-11-19(21)16-23-24-22(25)15-18-9-3-2-4-10-18/h2-14,16H,15H2,1H3,(H,24,25)/b23-16+. The molecule has 0 radical (unpaired) electrons. The summed E-state index contributed by atoms with van der Waals surface area (Å²) in [6, 6.07) is 22.3. The molecule has 0 spiro atoms. The van der Waals surface area contributed by atoms with Gasteiger partial charge in [-0.1, -0.05) is 54.6 Å². The van der Waals surface area contributed by atoms with E-state index in [2.05, 4.69) is 10.5 Å². The number of hydrogen-bond acceptors (Lipinski definition) is 5. The summed E-state index contributed by atoms with van der Waals surface area (Å²) in [4.78, 5) is 12.1. The van der Waals surface area contributed by atoms with Crippen LogP contribution in [0.4, 0.5) is 0 Å². The van der Waals surface area contributed by atoms with Crippen molar-refractivity contribution in [2.75, 3.05) is 0 Å². The van der Waals surface area contributed by atoms with Gasteiger partial charge in [0.05, 0.1) is 12.6 Å². The molecule has 0 unspecified atom stereocenters. The first-order valence-corrected chi connectivity index (χ1v) is 10.3. The second kappa shape index (κ2) is 9.16. The van der Waals surface area contributed by atoms with E-state index in [9.17, 15) is 13.2 Å². The molecule has 0 atom stereocenters. The van der Waals surface area contributed by atoms with Crippen molar-refractivity contribution in [1.82, 2.24) is 5.43 Å². The minimum absolute atomic E-state index is 0.0698. The second-order valence-corrected chi connectivity index (χ2v) is 7.89. The zero-order chi connectivity index (χ0) is 20.7. The number of benzene rings is 3. The number of carbonyl (C=O) groups is 1. The molecule has 7 heteroatoms. The Labute approximate surface area is 170 Å². The van der Waals surface area contributed by atoms with Gasteiger partial charge in [-0.3, -0.25) is 4.79 Å². The van der Waals surface area contributed by atoms with Crippen molar-refractivity contribution < 1.29 is 17.4 Å². The average molecular weight is 408 g/mol. The van der Waals surface area contributed by atoms with Gasteiger partial charge >= 0.3 is 10.1 Å². The van der Waals surface area contributed by atoms with Crippen LogP contribution in [0.1, 0.15) is 16.7 Å². The third-order valence-electron chi connectivity index (χ3n) is 4.00. The van der Waals surface area contributed by atoms with Crippen molar-refractivity contribution in [3.8, 4) is 5.75 Å². The van der Waals surface area contributed by atoms with Crippen molar-refractivity contribution in [2.45, 2.75) is 18.2 Å². The van der Waals surface area contributed by atoms with Crippen LogP contribution in [0, 0.1) is 6.92 Å². The SMILES string of the molecule is Cc1cccc(S(=O)(=O)Oc2ccccc2/C=N/NC(=O)Cc2ccccc2)c1. The van der Waals surface area contributed by atoms with Crippen molar-refractivity contribution >= 4 is 22.2 Å². The summed E-state index contributed by atoms with van der Waals surface area (Å²) < 4.78 is 30.4. The first-order valence-electron chi connectivity index (χ1n) is 8.90. The Balaban J connectivity index is 1.70. The monoisotopic (exact) mass is 408 g/mol. The van der Waals surface area contributed by atoms with E-state index >= 15 is 0 Å². The van der Waals surface area contributed by atoms with Crippen LogP contribution in [-0.2, 0) is 21.3 Å². The lowest BCUT2D eigenvalue weighted by atomic mass is 10.1. The van der Waals surface area contributed by atoms with Gasteiger partial charge in [-0.15, -0.1) is 0 Å². The fourth-order valence-electron chi connectivity index (χ4n) is 2.59. The van der Waals surface area contributed by atoms with E-state index in [0.29, 0.717) is 5.56 Å². The van der Waals surface area contributed by atoms with Gasteiger partial charge in [0, 0.05) is 5.56 Å². The van der Waals surface area contributed by atoms with Gasteiger partial charge in [-0.05, 0) is 42.3 Å². The summed E-state index contributed by atoms with van der Waals surface area (Å²) in [6.07, 6.45) is 1.54. The number of rotatable bonds is 7. The van der Waals surface area contributed by atoms with E-state index in [0.717, 1.165) is 11.1 Å². The number of carbonyl (C=O) groups excluding carboxylic acids is 1. The molecule has 1 N–H and O–H groups in total. The van der Waals surface area contributed by atoms with Gasteiger partial charge in [-0.2, -0.15) is 13.5 Å². The highest BCUT2D eigenvalue weighted by molar-refractivity contribution is 7.87. The van der Waals surface area contributed by atoms with Crippen molar-refractivity contribution in [2.24, 2.45) is 5.10 Å². The molecule has 6 nitrogen and oxygen atoms in total. The number of amides is 1. The Kier molecular flexibility index (Phi) is 6.41. The Morgan fingerprint density at radius 2 is 1.72 bits per heavy atom. The molecule has 0 aliphatic rings. The van der Waals surface area contributed by atoms with Crippen molar-refractivity contribution in [3.63, 3.8) is 0 Å². The van der Waals surface area contributed by atoms with Crippen LogP contribution in [0.25, 0.3) is 0 Å². The number of nitrogens with zero attached hydrogens (tertiary/aromatic N) is 1.